The van der Waals surface area contributed by atoms with Gasteiger partial charge in [0.15, 0.2) is 0 Å². The number of carbonyl (C=O) groups excluding carboxylic acids is 1. The van der Waals surface area contributed by atoms with Crippen molar-refractivity contribution in [1.82, 2.24) is 10.6 Å². The Bertz CT molecular complexity index is 242. The van der Waals surface area contributed by atoms with Gasteiger partial charge in [-0.25, -0.2) is 0 Å². The molecule has 3 nitrogen and oxygen atoms in total. The summed E-state index contributed by atoms with van der Waals surface area (Å²) in [5, 5.41) is 6.35. The van der Waals surface area contributed by atoms with Gasteiger partial charge in [0.25, 0.3) is 0 Å². The highest BCUT2D eigenvalue weighted by atomic mass is 16.2. The molecule has 1 aliphatic rings. The average Bonchev–Trinajstić information content (AvgIpc) is 2.30. The van der Waals surface area contributed by atoms with Gasteiger partial charge in [0.2, 0.25) is 5.91 Å². The fourth-order valence-electron chi connectivity index (χ4n) is 2.17. The van der Waals surface area contributed by atoms with Gasteiger partial charge in [-0.05, 0) is 38.3 Å². The van der Waals surface area contributed by atoms with E-state index in [9.17, 15) is 4.79 Å². The lowest BCUT2D eigenvalue weighted by Crippen LogP contribution is -2.47. The van der Waals surface area contributed by atoms with E-state index in [4.69, 9.17) is 0 Å². The predicted octanol–water partition coefficient (Wildman–Crippen LogP) is 1.70. The molecule has 3 heteroatoms. The molecule has 0 radical (unpaired) electrons. The van der Waals surface area contributed by atoms with E-state index in [2.05, 4.69) is 17.2 Å². The summed E-state index contributed by atoms with van der Waals surface area (Å²) in [5.41, 5.74) is -0.269. The zero-order valence-electron chi connectivity index (χ0n) is 10.5. The fourth-order valence-corrected chi connectivity index (χ4v) is 2.17. The highest BCUT2D eigenvalue weighted by molar-refractivity contribution is 5.82. The molecule has 1 fully saturated rings. The monoisotopic (exact) mass is 224 g/mol. The van der Waals surface area contributed by atoms with Gasteiger partial charge in [0.1, 0.15) is 0 Å². The molecule has 0 aromatic carbocycles. The molecule has 92 valence electrons. The molecule has 1 unspecified atom stereocenters. The molecule has 0 aromatic rings. The van der Waals surface area contributed by atoms with Crippen molar-refractivity contribution in [2.45, 2.75) is 33.1 Å². The lowest BCUT2D eigenvalue weighted by atomic mass is 9.74. The van der Waals surface area contributed by atoms with Crippen molar-refractivity contribution in [2.75, 3.05) is 19.6 Å². The minimum Gasteiger partial charge on any atom is -0.355 e. The third-order valence-corrected chi connectivity index (χ3v) is 3.54. The maximum atomic E-state index is 12.1. The second-order valence-corrected chi connectivity index (χ2v) is 5.10. The van der Waals surface area contributed by atoms with Crippen LogP contribution in [0.1, 0.15) is 33.1 Å². The van der Waals surface area contributed by atoms with Crippen molar-refractivity contribution in [3.05, 3.63) is 12.7 Å². The topological polar surface area (TPSA) is 41.1 Å². The van der Waals surface area contributed by atoms with Gasteiger partial charge in [0, 0.05) is 12.0 Å². The highest BCUT2D eigenvalue weighted by Gasteiger charge is 2.36. The molecular weight excluding hydrogens is 200 g/mol. The first-order chi connectivity index (χ1) is 7.59. The van der Waals surface area contributed by atoms with Gasteiger partial charge in [-0.1, -0.05) is 19.9 Å². The Kier molecular flexibility index (Phi) is 5.00. The predicted molar refractivity (Wildman–Crippen MR) is 67.2 cm³/mol. The SMILES string of the molecule is C=CCCNC(=O)C(C)(C)C1CCCNC1. The molecule has 2 N–H and O–H groups in total. The maximum Gasteiger partial charge on any atom is 0.225 e. The molecule has 1 rings (SSSR count). The number of amides is 1. The lowest BCUT2D eigenvalue weighted by molar-refractivity contribution is -0.132. The third kappa shape index (κ3) is 3.34. The number of rotatable bonds is 5. The van der Waals surface area contributed by atoms with Gasteiger partial charge in [0.05, 0.1) is 0 Å². The van der Waals surface area contributed by atoms with Gasteiger partial charge in [-0.2, -0.15) is 0 Å². The summed E-state index contributed by atoms with van der Waals surface area (Å²) in [4.78, 5) is 12.1. The zero-order valence-corrected chi connectivity index (χ0v) is 10.5. The lowest BCUT2D eigenvalue weighted by Gasteiger charge is -2.36. The number of carbonyl (C=O) groups is 1. The van der Waals surface area contributed by atoms with Crippen molar-refractivity contribution in [3.8, 4) is 0 Å². The molecule has 1 heterocycles. The van der Waals surface area contributed by atoms with Crippen molar-refractivity contribution < 1.29 is 4.79 Å². The van der Waals surface area contributed by atoms with Crippen molar-refractivity contribution in [1.29, 1.82) is 0 Å². The largest absolute Gasteiger partial charge is 0.355 e. The Morgan fingerprint density at radius 1 is 1.62 bits per heavy atom. The molecule has 0 bridgehead atoms. The molecule has 1 aliphatic heterocycles. The van der Waals surface area contributed by atoms with Gasteiger partial charge >= 0.3 is 0 Å². The van der Waals surface area contributed by atoms with Crippen LogP contribution in [-0.2, 0) is 4.79 Å². The zero-order chi connectivity index (χ0) is 12.0. The van der Waals surface area contributed by atoms with E-state index >= 15 is 0 Å². The highest BCUT2D eigenvalue weighted by Crippen LogP contribution is 2.31. The molecular formula is C13H24N2O. The minimum atomic E-state index is -0.269. The van der Waals surface area contributed by atoms with E-state index in [1.54, 1.807) is 0 Å². The van der Waals surface area contributed by atoms with Gasteiger partial charge < -0.3 is 10.6 Å². The molecule has 1 atom stereocenters. The van der Waals surface area contributed by atoms with Crippen LogP contribution in [0, 0.1) is 11.3 Å². The second-order valence-electron chi connectivity index (χ2n) is 5.10. The minimum absolute atomic E-state index is 0.169. The molecule has 0 saturated carbocycles. The standard InChI is InChI=1S/C13H24N2O/c1-4-5-9-15-12(16)13(2,3)11-7-6-8-14-10-11/h4,11,14H,1,5-10H2,2-3H3,(H,15,16). The summed E-state index contributed by atoms with van der Waals surface area (Å²) in [6.07, 6.45) is 4.99. The first-order valence-electron chi connectivity index (χ1n) is 6.19. The number of nitrogens with one attached hydrogen (secondary N) is 2. The Morgan fingerprint density at radius 3 is 2.94 bits per heavy atom. The van der Waals surface area contributed by atoms with Crippen LogP contribution in [0.15, 0.2) is 12.7 Å². The molecule has 0 aliphatic carbocycles. The number of hydrogen-bond donors (Lipinski definition) is 2. The van der Waals surface area contributed by atoms with E-state index in [0.717, 1.165) is 25.9 Å². The van der Waals surface area contributed by atoms with E-state index in [1.165, 1.54) is 6.42 Å². The summed E-state index contributed by atoms with van der Waals surface area (Å²) in [6.45, 7) is 10.5. The second kappa shape index (κ2) is 6.04. The summed E-state index contributed by atoms with van der Waals surface area (Å²) < 4.78 is 0. The summed E-state index contributed by atoms with van der Waals surface area (Å²) >= 11 is 0. The van der Waals surface area contributed by atoms with Gasteiger partial charge in [-0.15, -0.1) is 6.58 Å². The summed E-state index contributed by atoms with van der Waals surface area (Å²) in [5.74, 6) is 0.619. The Balaban J connectivity index is 2.46. The Hall–Kier alpha value is -0.830. The van der Waals surface area contributed by atoms with Crippen LogP contribution in [0.25, 0.3) is 0 Å². The third-order valence-electron chi connectivity index (χ3n) is 3.54. The average molecular weight is 224 g/mol. The first kappa shape index (κ1) is 13.2. The van der Waals surface area contributed by atoms with E-state index in [1.807, 2.05) is 19.9 Å². The van der Waals surface area contributed by atoms with Gasteiger partial charge in [-0.3, -0.25) is 4.79 Å². The Labute approximate surface area is 98.7 Å². The van der Waals surface area contributed by atoms with Crippen LogP contribution in [0.5, 0.6) is 0 Å². The van der Waals surface area contributed by atoms with Crippen LogP contribution in [0.4, 0.5) is 0 Å². The smallest absolute Gasteiger partial charge is 0.225 e. The number of piperidine rings is 1. The van der Waals surface area contributed by atoms with E-state index in [-0.39, 0.29) is 11.3 Å². The van der Waals surface area contributed by atoms with Crippen molar-refractivity contribution >= 4 is 5.91 Å². The number of hydrogen-bond acceptors (Lipinski definition) is 2. The summed E-state index contributed by atoms with van der Waals surface area (Å²) in [7, 11) is 0. The van der Waals surface area contributed by atoms with Crippen molar-refractivity contribution in [2.24, 2.45) is 11.3 Å². The van der Waals surface area contributed by atoms with Crippen LogP contribution in [-0.4, -0.2) is 25.5 Å². The van der Waals surface area contributed by atoms with Crippen LogP contribution in [0.2, 0.25) is 0 Å². The normalized spacial score (nSPS) is 21.5. The Morgan fingerprint density at radius 2 is 2.38 bits per heavy atom. The summed E-state index contributed by atoms with van der Waals surface area (Å²) in [6, 6.07) is 0. The fraction of sp³-hybridized carbons (Fsp3) is 0.769. The van der Waals surface area contributed by atoms with Crippen LogP contribution < -0.4 is 10.6 Å². The molecule has 16 heavy (non-hydrogen) atoms. The molecule has 1 amide bonds. The van der Waals surface area contributed by atoms with E-state index in [0.29, 0.717) is 12.5 Å². The maximum absolute atomic E-state index is 12.1. The molecule has 0 spiro atoms. The van der Waals surface area contributed by atoms with Crippen molar-refractivity contribution in [3.63, 3.8) is 0 Å². The molecule has 0 aromatic heterocycles. The van der Waals surface area contributed by atoms with E-state index < -0.39 is 0 Å². The first-order valence-corrected chi connectivity index (χ1v) is 6.19. The van der Waals surface area contributed by atoms with Crippen LogP contribution >= 0.6 is 0 Å². The van der Waals surface area contributed by atoms with Crippen LogP contribution in [0.3, 0.4) is 0 Å². The molecule has 1 saturated heterocycles. The quantitative estimate of drug-likeness (QED) is 0.551.